The summed E-state index contributed by atoms with van der Waals surface area (Å²) in [5, 5.41) is 0.540. The van der Waals surface area contributed by atoms with E-state index in [0.717, 1.165) is 25.7 Å². The summed E-state index contributed by atoms with van der Waals surface area (Å²) in [6, 6.07) is 6.96. The standard InChI is InChI=1S/C20H26ClN3O3/c1-14(2)23(20(27)15-6-3-4-7-15)12-18(25)22-11-19(26)24(13-22)17-9-5-8-16(21)10-17/h5,8-10,14-15H,3-4,6-7,11-13H2,1-2H3. The highest BCUT2D eigenvalue weighted by Crippen LogP contribution is 2.27. The molecule has 146 valence electrons. The fourth-order valence-electron chi connectivity index (χ4n) is 3.75. The van der Waals surface area contributed by atoms with Crippen molar-refractivity contribution < 1.29 is 14.4 Å². The number of carbonyl (C=O) groups is 3. The zero-order chi connectivity index (χ0) is 19.6. The maximum absolute atomic E-state index is 12.8. The molecule has 0 radical (unpaired) electrons. The summed E-state index contributed by atoms with van der Waals surface area (Å²) in [5.41, 5.74) is 0.672. The minimum Gasteiger partial charge on any atom is -0.331 e. The Morgan fingerprint density at radius 1 is 1.26 bits per heavy atom. The SMILES string of the molecule is CC(C)N(CC(=O)N1CC(=O)N(c2cccc(Cl)c2)C1)C(=O)C1CCCC1. The molecule has 3 rings (SSSR count). The lowest BCUT2D eigenvalue weighted by Gasteiger charge is -2.30. The van der Waals surface area contributed by atoms with Gasteiger partial charge in [-0.15, -0.1) is 0 Å². The molecule has 1 saturated heterocycles. The number of halogens is 1. The Morgan fingerprint density at radius 2 is 1.96 bits per heavy atom. The lowest BCUT2D eigenvalue weighted by atomic mass is 10.1. The van der Waals surface area contributed by atoms with Gasteiger partial charge < -0.3 is 9.80 Å². The Bertz CT molecular complexity index is 731. The van der Waals surface area contributed by atoms with Crippen LogP contribution in [-0.2, 0) is 14.4 Å². The molecule has 1 heterocycles. The van der Waals surface area contributed by atoms with Gasteiger partial charge in [-0.1, -0.05) is 30.5 Å². The van der Waals surface area contributed by atoms with Crippen LogP contribution < -0.4 is 4.90 Å². The molecule has 6 nitrogen and oxygen atoms in total. The molecule has 0 aromatic heterocycles. The molecule has 3 amide bonds. The molecule has 2 aliphatic rings. The number of hydrogen-bond donors (Lipinski definition) is 0. The number of amides is 3. The first-order valence-corrected chi connectivity index (χ1v) is 9.89. The van der Waals surface area contributed by atoms with Crippen molar-refractivity contribution in [3.05, 3.63) is 29.3 Å². The van der Waals surface area contributed by atoms with Crippen molar-refractivity contribution in [3.63, 3.8) is 0 Å². The molecule has 1 aliphatic carbocycles. The van der Waals surface area contributed by atoms with Gasteiger partial charge in [0.15, 0.2) is 0 Å². The number of nitrogens with zero attached hydrogens (tertiary/aromatic N) is 3. The van der Waals surface area contributed by atoms with Crippen molar-refractivity contribution in [1.82, 2.24) is 9.80 Å². The van der Waals surface area contributed by atoms with Gasteiger partial charge in [0, 0.05) is 22.7 Å². The fourth-order valence-corrected chi connectivity index (χ4v) is 3.94. The fraction of sp³-hybridized carbons (Fsp3) is 0.550. The molecular formula is C20H26ClN3O3. The van der Waals surface area contributed by atoms with Crippen LogP contribution in [0.25, 0.3) is 0 Å². The Kier molecular flexibility index (Phi) is 6.05. The van der Waals surface area contributed by atoms with Gasteiger partial charge in [-0.3, -0.25) is 19.3 Å². The van der Waals surface area contributed by atoms with Crippen LogP contribution >= 0.6 is 11.6 Å². The van der Waals surface area contributed by atoms with Gasteiger partial charge in [-0.2, -0.15) is 0 Å². The molecule has 1 saturated carbocycles. The summed E-state index contributed by atoms with van der Waals surface area (Å²) >= 11 is 6.01. The van der Waals surface area contributed by atoms with Crippen LogP contribution in [0.1, 0.15) is 39.5 Å². The minimum atomic E-state index is -0.201. The topological polar surface area (TPSA) is 60.9 Å². The van der Waals surface area contributed by atoms with Gasteiger partial charge in [-0.05, 0) is 44.9 Å². The van der Waals surface area contributed by atoms with E-state index in [9.17, 15) is 14.4 Å². The van der Waals surface area contributed by atoms with Crippen LogP contribution in [-0.4, -0.2) is 53.3 Å². The summed E-state index contributed by atoms with van der Waals surface area (Å²) in [6.45, 7) is 4.07. The number of benzene rings is 1. The van der Waals surface area contributed by atoms with Gasteiger partial charge >= 0.3 is 0 Å². The van der Waals surface area contributed by atoms with Crippen LogP contribution in [0.3, 0.4) is 0 Å². The van der Waals surface area contributed by atoms with Gasteiger partial charge in [0.1, 0.15) is 19.8 Å². The summed E-state index contributed by atoms with van der Waals surface area (Å²) in [5.74, 6) is -0.256. The van der Waals surface area contributed by atoms with E-state index in [-0.39, 0.29) is 49.4 Å². The lowest BCUT2D eigenvalue weighted by molar-refractivity contribution is -0.144. The van der Waals surface area contributed by atoms with Crippen molar-refractivity contribution in [2.45, 2.75) is 45.6 Å². The predicted molar refractivity (Wildman–Crippen MR) is 104 cm³/mol. The van der Waals surface area contributed by atoms with Gasteiger partial charge in [0.25, 0.3) is 0 Å². The molecular weight excluding hydrogens is 366 g/mol. The molecule has 1 aliphatic heterocycles. The molecule has 0 N–H and O–H groups in total. The average Bonchev–Trinajstić information content (AvgIpc) is 3.28. The second-order valence-corrected chi connectivity index (χ2v) is 8.01. The molecule has 0 atom stereocenters. The van der Waals surface area contributed by atoms with Crippen LogP contribution in [0.5, 0.6) is 0 Å². The second-order valence-electron chi connectivity index (χ2n) is 7.58. The van der Waals surface area contributed by atoms with Gasteiger partial charge in [0.2, 0.25) is 17.7 Å². The van der Waals surface area contributed by atoms with E-state index in [1.165, 1.54) is 4.90 Å². The van der Waals surface area contributed by atoms with Crippen molar-refractivity contribution in [2.24, 2.45) is 5.92 Å². The highest BCUT2D eigenvalue weighted by Gasteiger charge is 2.35. The maximum atomic E-state index is 12.8. The Balaban J connectivity index is 1.66. The molecule has 27 heavy (non-hydrogen) atoms. The average molecular weight is 392 g/mol. The van der Waals surface area contributed by atoms with Crippen LogP contribution in [0, 0.1) is 5.92 Å². The predicted octanol–water partition coefficient (Wildman–Crippen LogP) is 2.90. The zero-order valence-corrected chi connectivity index (χ0v) is 16.6. The van der Waals surface area contributed by atoms with E-state index in [4.69, 9.17) is 11.6 Å². The first kappa shape index (κ1) is 19.7. The Morgan fingerprint density at radius 3 is 2.59 bits per heavy atom. The van der Waals surface area contributed by atoms with Crippen LogP contribution in [0.2, 0.25) is 5.02 Å². The smallest absolute Gasteiger partial charge is 0.248 e. The highest BCUT2D eigenvalue weighted by atomic mass is 35.5. The largest absolute Gasteiger partial charge is 0.331 e. The summed E-state index contributed by atoms with van der Waals surface area (Å²) < 4.78 is 0. The van der Waals surface area contributed by atoms with Crippen molar-refractivity contribution in [1.29, 1.82) is 0 Å². The third-order valence-electron chi connectivity index (χ3n) is 5.33. The van der Waals surface area contributed by atoms with Crippen LogP contribution in [0.4, 0.5) is 5.69 Å². The van der Waals surface area contributed by atoms with Crippen molar-refractivity contribution in [3.8, 4) is 0 Å². The maximum Gasteiger partial charge on any atom is 0.248 e. The molecule has 0 bridgehead atoms. The minimum absolute atomic E-state index is 0.0175. The third-order valence-corrected chi connectivity index (χ3v) is 5.56. The third kappa shape index (κ3) is 4.43. The zero-order valence-electron chi connectivity index (χ0n) is 15.9. The van der Waals surface area contributed by atoms with Gasteiger partial charge in [0.05, 0.1) is 0 Å². The number of anilines is 1. The van der Waals surface area contributed by atoms with E-state index < -0.39 is 0 Å². The van der Waals surface area contributed by atoms with E-state index in [1.54, 1.807) is 34.1 Å². The first-order valence-electron chi connectivity index (χ1n) is 9.51. The Labute approximate surface area is 165 Å². The molecule has 0 spiro atoms. The lowest BCUT2D eigenvalue weighted by Crippen LogP contribution is -2.47. The summed E-state index contributed by atoms with van der Waals surface area (Å²) in [6.07, 6.45) is 3.96. The number of rotatable bonds is 5. The van der Waals surface area contributed by atoms with E-state index in [0.29, 0.717) is 10.7 Å². The quantitative estimate of drug-likeness (QED) is 0.775. The normalized spacial score (nSPS) is 17.9. The summed E-state index contributed by atoms with van der Waals surface area (Å²) in [7, 11) is 0. The molecule has 1 aromatic carbocycles. The van der Waals surface area contributed by atoms with E-state index in [1.807, 2.05) is 13.8 Å². The van der Waals surface area contributed by atoms with E-state index >= 15 is 0 Å². The molecule has 7 heteroatoms. The second kappa shape index (κ2) is 8.30. The van der Waals surface area contributed by atoms with E-state index in [2.05, 4.69) is 0 Å². The molecule has 0 unspecified atom stereocenters. The summed E-state index contributed by atoms with van der Waals surface area (Å²) in [4.78, 5) is 42.7. The monoisotopic (exact) mass is 391 g/mol. The highest BCUT2D eigenvalue weighted by molar-refractivity contribution is 6.31. The van der Waals surface area contributed by atoms with Crippen molar-refractivity contribution in [2.75, 3.05) is 24.7 Å². The van der Waals surface area contributed by atoms with Crippen molar-refractivity contribution >= 4 is 35.0 Å². The Hall–Kier alpha value is -2.08. The number of hydrogen-bond acceptors (Lipinski definition) is 3. The van der Waals surface area contributed by atoms with Crippen LogP contribution in [0.15, 0.2) is 24.3 Å². The molecule has 1 aromatic rings. The van der Waals surface area contributed by atoms with Gasteiger partial charge in [-0.25, -0.2) is 0 Å². The molecule has 2 fully saturated rings. The first-order chi connectivity index (χ1) is 12.9. The number of carbonyl (C=O) groups excluding carboxylic acids is 3.